The van der Waals surface area contributed by atoms with Crippen LogP contribution < -0.4 is 15.5 Å². The van der Waals surface area contributed by atoms with Gasteiger partial charge >= 0.3 is 5.97 Å². The van der Waals surface area contributed by atoms with Crippen LogP contribution in [0.15, 0.2) is 83.5 Å². The zero-order valence-corrected chi connectivity index (χ0v) is 21.2. The van der Waals surface area contributed by atoms with Crippen LogP contribution in [0.5, 0.6) is 0 Å². The maximum Gasteiger partial charge on any atom is 0.338 e. The molecule has 38 heavy (non-hydrogen) atoms. The predicted octanol–water partition coefficient (Wildman–Crippen LogP) is 4.75. The van der Waals surface area contributed by atoms with E-state index in [1.807, 2.05) is 0 Å². The lowest BCUT2D eigenvalue weighted by molar-refractivity contribution is -0.120. The summed E-state index contributed by atoms with van der Waals surface area (Å²) in [4.78, 5) is 63.0. The summed E-state index contributed by atoms with van der Waals surface area (Å²) in [6.07, 6.45) is 0. The predicted molar refractivity (Wildman–Crippen MR) is 142 cm³/mol. The highest BCUT2D eigenvalue weighted by Crippen LogP contribution is 2.31. The Morgan fingerprint density at radius 2 is 1.53 bits per heavy atom. The molecule has 0 saturated heterocycles. The second-order valence-electron chi connectivity index (χ2n) is 8.20. The van der Waals surface area contributed by atoms with Gasteiger partial charge in [-0.3, -0.25) is 19.2 Å². The van der Waals surface area contributed by atoms with E-state index in [4.69, 9.17) is 16.3 Å². The number of halogens is 1. The SMILES string of the molecule is CCOC(=O)c1cccc(N2C(=O)C(Cl)=C(Nc3ccc(C(=O)Nc4cccc(C(C)=O)c4)cc3)C2=O)c1. The van der Waals surface area contributed by atoms with Gasteiger partial charge in [0.05, 0.1) is 17.9 Å². The number of rotatable bonds is 8. The van der Waals surface area contributed by atoms with Crippen molar-refractivity contribution in [2.75, 3.05) is 22.1 Å². The third-order valence-electron chi connectivity index (χ3n) is 5.59. The van der Waals surface area contributed by atoms with E-state index < -0.39 is 23.7 Å². The molecule has 1 aliphatic heterocycles. The number of ketones is 1. The van der Waals surface area contributed by atoms with Gasteiger partial charge in [0.15, 0.2) is 5.78 Å². The Labute approximate surface area is 223 Å². The van der Waals surface area contributed by atoms with E-state index in [-0.39, 0.29) is 34.4 Å². The number of hydrogen-bond acceptors (Lipinski definition) is 7. The number of nitrogens with one attached hydrogen (secondary N) is 2. The fraction of sp³-hybridized carbons (Fsp3) is 0.107. The normalized spacial score (nSPS) is 13.0. The van der Waals surface area contributed by atoms with Crippen molar-refractivity contribution >= 4 is 58.1 Å². The van der Waals surface area contributed by atoms with E-state index >= 15 is 0 Å². The number of Topliss-reactive ketones (excluding diaryl/α,β-unsaturated/α-hetero) is 1. The number of ether oxygens (including phenoxy) is 1. The van der Waals surface area contributed by atoms with Crippen LogP contribution in [-0.4, -0.2) is 36.1 Å². The Morgan fingerprint density at radius 3 is 2.21 bits per heavy atom. The monoisotopic (exact) mass is 531 g/mol. The minimum absolute atomic E-state index is 0.116. The lowest BCUT2D eigenvalue weighted by atomic mass is 10.1. The number of hydrogen-bond donors (Lipinski definition) is 2. The number of benzene rings is 3. The zero-order chi connectivity index (χ0) is 27.4. The molecule has 2 N–H and O–H groups in total. The van der Waals surface area contributed by atoms with Crippen molar-refractivity contribution in [2.24, 2.45) is 0 Å². The van der Waals surface area contributed by atoms with E-state index in [9.17, 15) is 24.0 Å². The van der Waals surface area contributed by atoms with Crippen molar-refractivity contribution in [3.05, 3.63) is 100 Å². The molecule has 0 aliphatic carbocycles. The van der Waals surface area contributed by atoms with Crippen LogP contribution >= 0.6 is 11.6 Å². The number of nitrogens with zero attached hydrogens (tertiary/aromatic N) is 1. The first-order valence-corrected chi connectivity index (χ1v) is 11.9. The molecule has 0 atom stereocenters. The van der Waals surface area contributed by atoms with Crippen molar-refractivity contribution in [1.29, 1.82) is 0 Å². The number of esters is 1. The molecule has 3 aromatic carbocycles. The molecule has 0 saturated carbocycles. The van der Waals surface area contributed by atoms with Gasteiger partial charge < -0.3 is 15.4 Å². The van der Waals surface area contributed by atoms with E-state index in [1.54, 1.807) is 43.3 Å². The molecular formula is C28H22ClN3O6. The zero-order valence-electron chi connectivity index (χ0n) is 20.4. The average Bonchev–Trinajstić information content (AvgIpc) is 3.12. The van der Waals surface area contributed by atoms with Crippen LogP contribution in [0.4, 0.5) is 17.1 Å². The van der Waals surface area contributed by atoms with E-state index in [2.05, 4.69) is 10.6 Å². The summed E-state index contributed by atoms with van der Waals surface area (Å²) in [6, 6.07) is 18.7. The van der Waals surface area contributed by atoms with E-state index in [0.717, 1.165) is 4.90 Å². The fourth-order valence-corrected chi connectivity index (χ4v) is 3.91. The molecule has 9 nitrogen and oxygen atoms in total. The highest BCUT2D eigenvalue weighted by atomic mass is 35.5. The van der Waals surface area contributed by atoms with E-state index in [0.29, 0.717) is 22.5 Å². The van der Waals surface area contributed by atoms with E-state index in [1.165, 1.54) is 43.3 Å². The van der Waals surface area contributed by atoms with Gasteiger partial charge in [0, 0.05) is 22.5 Å². The molecule has 192 valence electrons. The second kappa shape index (κ2) is 11.1. The summed E-state index contributed by atoms with van der Waals surface area (Å²) in [6.45, 7) is 3.29. The number of imide groups is 1. The molecule has 0 radical (unpaired) electrons. The second-order valence-corrected chi connectivity index (χ2v) is 8.58. The highest BCUT2D eigenvalue weighted by molar-refractivity contribution is 6.53. The first-order chi connectivity index (χ1) is 18.2. The van der Waals surface area contributed by atoms with Gasteiger partial charge in [-0.15, -0.1) is 0 Å². The van der Waals surface area contributed by atoms with Crippen LogP contribution in [-0.2, 0) is 14.3 Å². The third kappa shape index (κ3) is 5.47. The van der Waals surface area contributed by atoms with Gasteiger partial charge in [0.2, 0.25) is 0 Å². The maximum atomic E-state index is 13.1. The minimum Gasteiger partial charge on any atom is -0.462 e. The Morgan fingerprint density at radius 1 is 0.842 bits per heavy atom. The molecule has 3 amide bonds. The molecule has 0 unspecified atom stereocenters. The molecule has 0 spiro atoms. The quantitative estimate of drug-likeness (QED) is 0.244. The maximum absolute atomic E-state index is 13.1. The Hall–Kier alpha value is -4.76. The third-order valence-corrected chi connectivity index (χ3v) is 5.94. The van der Waals surface area contributed by atoms with Crippen LogP contribution in [0.25, 0.3) is 0 Å². The molecule has 10 heteroatoms. The van der Waals surface area contributed by atoms with Crippen molar-refractivity contribution in [3.63, 3.8) is 0 Å². The first kappa shape index (κ1) is 26.3. The number of carbonyl (C=O) groups excluding carboxylic acids is 5. The fourth-order valence-electron chi connectivity index (χ4n) is 3.70. The van der Waals surface area contributed by atoms with Gasteiger partial charge in [0.25, 0.3) is 17.7 Å². The van der Waals surface area contributed by atoms with Gasteiger partial charge in [-0.1, -0.05) is 29.8 Å². The van der Waals surface area contributed by atoms with Gasteiger partial charge in [0.1, 0.15) is 10.7 Å². The summed E-state index contributed by atoms with van der Waals surface area (Å²) in [5.74, 6) is -2.54. The van der Waals surface area contributed by atoms with Crippen molar-refractivity contribution < 1.29 is 28.7 Å². The molecule has 4 rings (SSSR count). The molecular weight excluding hydrogens is 510 g/mol. The summed E-state index contributed by atoms with van der Waals surface area (Å²) in [5.41, 5.74) is 1.91. The summed E-state index contributed by atoms with van der Waals surface area (Å²) in [5, 5.41) is 5.25. The summed E-state index contributed by atoms with van der Waals surface area (Å²) >= 11 is 6.20. The summed E-state index contributed by atoms with van der Waals surface area (Å²) in [7, 11) is 0. The van der Waals surface area contributed by atoms with Crippen LogP contribution in [0.1, 0.15) is 44.9 Å². The lowest BCUT2D eigenvalue weighted by Crippen LogP contribution is -2.32. The molecule has 0 bridgehead atoms. The Bertz CT molecular complexity index is 1500. The number of anilines is 3. The van der Waals surface area contributed by atoms with Crippen LogP contribution in [0.3, 0.4) is 0 Å². The smallest absolute Gasteiger partial charge is 0.338 e. The molecule has 3 aromatic rings. The topological polar surface area (TPSA) is 122 Å². The van der Waals surface area contributed by atoms with Crippen molar-refractivity contribution in [3.8, 4) is 0 Å². The van der Waals surface area contributed by atoms with Crippen molar-refractivity contribution in [2.45, 2.75) is 13.8 Å². The molecule has 1 heterocycles. The van der Waals surface area contributed by atoms with Gasteiger partial charge in [-0.05, 0) is 68.4 Å². The Balaban J connectivity index is 1.47. The Kier molecular flexibility index (Phi) is 7.68. The number of amides is 3. The minimum atomic E-state index is -0.746. The first-order valence-electron chi connectivity index (χ1n) is 11.5. The van der Waals surface area contributed by atoms with Crippen LogP contribution in [0, 0.1) is 0 Å². The number of carbonyl (C=O) groups is 5. The lowest BCUT2D eigenvalue weighted by Gasteiger charge is -2.16. The highest BCUT2D eigenvalue weighted by Gasteiger charge is 2.39. The standard InChI is InChI=1S/C28H22ClN3O6/c1-3-38-28(37)19-7-5-9-22(15-19)32-26(35)23(29)24(27(32)36)30-20-12-10-17(11-13-20)25(34)31-21-8-4-6-18(14-21)16(2)33/h4-15,30H,3H2,1-2H3,(H,31,34). The van der Waals surface area contributed by atoms with Crippen molar-refractivity contribution in [1.82, 2.24) is 0 Å². The van der Waals surface area contributed by atoms with Gasteiger partial charge in [-0.25, -0.2) is 9.69 Å². The summed E-state index contributed by atoms with van der Waals surface area (Å²) < 4.78 is 4.98. The molecule has 1 aliphatic rings. The molecule has 0 fully saturated rings. The average molecular weight is 532 g/mol. The largest absolute Gasteiger partial charge is 0.462 e. The van der Waals surface area contributed by atoms with Gasteiger partial charge in [-0.2, -0.15) is 0 Å². The van der Waals surface area contributed by atoms with Crippen LogP contribution in [0.2, 0.25) is 0 Å². The molecule has 0 aromatic heterocycles.